The van der Waals surface area contributed by atoms with E-state index < -0.39 is 0 Å². The highest BCUT2D eigenvalue weighted by Gasteiger charge is 2.27. The van der Waals surface area contributed by atoms with Crippen molar-refractivity contribution >= 4 is 10.9 Å². The lowest BCUT2D eigenvalue weighted by Crippen LogP contribution is -2.34. The maximum absolute atomic E-state index is 12.2. The summed E-state index contributed by atoms with van der Waals surface area (Å²) < 4.78 is 1.44. The number of hydrogen-bond acceptors (Lipinski definition) is 4. The molecule has 1 aliphatic rings. The van der Waals surface area contributed by atoms with Gasteiger partial charge in [0.25, 0.3) is 5.56 Å². The predicted octanol–water partition coefficient (Wildman–Crippen LogP) is 1.18. The summed E-state index contributed by atoms with van der Waals surface area (Å²) in [5.74, 6) is 0.819. The van der Waals surface area contributed by atoms with Gasteiger partial charge < -0.3 is 5.32 Å². The number of nitrogens with one attached hydrogen (secondary N) is 1. The molecule has 1 saturated carbocycles. The third kappa shape index (κ3) is 2.66. The Morgan fingerprint density at radius 2 is 2.21 bits per heavy atom. The van der Waals surface area contributed by atoms with Gasteiger partial charge in [0.1, 0.15) is 5.52 Å². The largest absolute Gasteiger partial charge is 0.312 e. The average Bonchev–Trinajstić information content (AvgIpc) is 3.26. The normalized spacial score (nSPS) is 16.7. The third-order valence-electron chi connectivity index (χ3n) is 3.75. The van der Waals surface area contributed by atoms with Crippen LogP contribution in [0, 0.1) is 5.92 Å². The summed E-state index contributed by atoms with van der Waals surface area (Å²) in [6.45, 7) is 3.52. The van der Waals surface area contributed by atoms with Crippen LogP contribution in [-0.4, -0.2) is 27.6 Å². The Balaban J connectivity index is 1.70. The Hall–Kier alpha value is -1.75. The molecule has 1 aliphatic carbocycles. The molecule has 0 amide bonds. The lowest BCUT2D eigenvalue weighted by Gasteiger charge is -2.12. The zero-order chi connectivity index (χ0) is 13.2. The van der Waals surface area contributed by atoms with Crippen LogP contribution < -0.4 is 10.9 Å². The Morgan fingerprint density at radius 1 is 1.42 bits per heavy atom. The lowest BCUT2D eigenvalue weighted by molar-refractivity contribution is 0.448. The fourth-order valence-corrected chi connectivity index (χ4v) is 2.33. The lowest BCUT2D eigenvalue weighted by atomic mass is 10.2. The molecule has 0 radical (unpaired) electrons. The second kappa shape index (κ2) is 5.09. The summed E-state index contributed by atoms with van der Waals surface area (Å²) in [4.78, 5) is 12.2. The molecule has 0 bridgehead atoms. The quantitative estimate of drug-likeness (QED) is 0.875. The summed E-state index contributed by atoms with van der Waals surface area (Å²) in [5, 5.41) is 12.1. The van der Waals surface area contributed by atoms with Crippen molar-refractivity contribution in [2.24, 2.45) is 5.92 Å². The van der Waals surface area contributed by atoms with E-state index in [0.717, 1.165) is 12.5 Å². The van der Waals surface area contributed by atoms with Gasteiger partial charge in [-0.05, 0) is 37.8 Å². The van der Waals surface area contributed by atoms with E-state index in [0.29, 0.717) is 23.5 Å². The summed E-state index contributed by atoms with van der Waals surface area (Å²) in [6.07, 6.45) is 2.65. The van der Waals surface area contributed by atoms with Crippen LogP contribution in [-0.2, 0) is 6.54 Å². The molecule has 0 saturated heterocycles. The average molecular weight is 258 g/mol. The first kappa shape index (κ1) is 12.3. The van der Waals surface area contributed by atoms with Crippen molar-refractivity contribution in [3.05, 3.63) is 34.6 Å². The molecule has 0 aliphatic heterocycles. The zero-order valence-electron chi connectivity index (χ0n) is 11.0. The number of hydrogen-bond donors (Lipinski definition) is 1. The van der Waals surface area contributed by atoms with E-state index in [9.17, 15) is 4.79 Å². The fourth-order valence-electron chi connectivity index (χ4n) is 2.33. The van der Waals surface area contributed by atoms with Crippen molar-refractivity contribution in [3.63, 3.8) is 0 Å². The standard InChI is InChI=1S/C14H18N4O/c1-10(11-6-7-11)15-8-9-18-14(19)12-4-2-3-5-13(12)16-17-18/h2-5,10-11,15H,6-9H2,1H3. The summed E-state index contributed by atoms with van der Waals surface area (Å²) in [5.41, 5.74) is 0.592. The Bertz CT molecular complexity index is 633. The van der Waals surface area contributed by atoms with Crippen LogP contribution in [0.15, 0.2) is 29.1 Å². The molecule has 3 rings (SSSR count). The van der Waals surface area contributed by atoms with Crippen LogP contribution in [0.3, 0.4) is 0 Å². The maximum atomic E-state index is 12.2. The van der Waals surface area contributed by atoms with Crippen molar-refractivity contribution in [3.8, 4) is 0 Å². The first-order valence-electron chi connectivity index (χ1n) is 6.81. The maximum Gasteiger partial charge on any atom is 0.277 e. The fraction of sp³-hybridized carbons (Fsp3) is 0.500. The summed E-state index contributed by atoms with van der Waals surface area (Å²) in [7, 11) is 0. The van der Waals surface area contributed by atoms with Gasteiger partial charge >= 0.3 is 0 Å². The second-order valence-electron chi connectivity index (χ2n) is 5.22. The monoisotopic (exact) mass is 258 g/mol. The van der Waals surface area contributed by atoms with Crippen LogP contribution in [0.25, 0.3) is 10.9 Å². The number of aromatic nitrogens is 3. The first-order chi connectivity index (χ1) is 9.25. The van der Waals surface area contributed by atoms with Crippen molar-refractivity contribution in [2.75, 3.05) is 6.54 Å². The molecule has 19 heavy (non-hydrogen) atoms. The molecule has 1 N–H and O–H groups in total. The third-order valence-corrected chi connectivity index (χ3v) is 3.75. The molecule has 1 atom stereocenters. The highest BCUT2D eigenvalue weighted by molar-refractivity contribution is 5.76. The van der Waals surface area contributed by atoms with E-state index in [4.69, 9.17) is 0 Å². The molecular formula is C14H18N4O. The molecule has 1 unspecified atom stereocenters. The smallest absolute Gasteiger partial charge is 0.277 e. The molecule has 1 fully saturated rings. The van der Waals surface area contributed by atoms with E-state index >= 15 is 0 Å². The van der Waals surface area contributed by atoms with Gasteiger partial charge in [0.2, 0.25) is 0 Å². The molecule has 5 heteroatoms. The molecule has 1 aromatic heterocycles. The highest BCUT2D eigenvalue weighted by Crippen LogP contribution is 2.32. The Morgan fingerprint density at radius 3 is 3.00 bits per heavy atom. The minimum atomic E-state index is -0.0634. The van der Waals surface area contributed by atoms with Crippen LogP contribution in [0.1, 0.15) is 19.8 Å². The second-order valence-corrected chi connectivity index (χ2v) is 5.22. The minimum absolute atomic E-state index is 0.0634. The molecule has 100 valence electrons. The minimum Gasteiger partial charge on any atom is -0.312 e. The highest BCUT2D eigenvalue weighted by atomic mass is 16.1. The van der Waals surface area contributed by atoms with Gasteiger partial charge in [0.15, 0.2) is 0 Å². The van der Waals surface area contributed by atoms with Crippen LogP contribution >= 0.6 is 0 Å². The van der Waals surface area contributed by atoms with E-state index in [1.807, 2.05) is 18.2 Å². The van der Waals surface area contributed by atoms with Crippen molar-refractivity contribution in [2.45, 2.75) is 32.4 Å². The number of rotatable bonds is 5. The number of fused-ring (bicyclic) bond motifs is 1. The molecular weight excluding hydrogens is 240 g/mol. The summed E-state index contributed by atoms with van der Waals surface area (Å²) in [6, 6.07) is 7.84. The van der Waals surface area contributed by atoms with Crippen LogP contribution in [0.4, 0.5) is 0 Å². The van der Waals surface area contributed by atoms with Crippen molar-refractivity contribution in [1.82, 2.24) is 20.3 Å². The molecule has 0 spiro atoms. The van der Waals surface area contributed by atoms with Gasteiger partial charge in [-0.15, -0.1) is 5.10 Å². The van der Waals surface area contributed by atoms with E-state index in [-0.39, 0.29) is 5.56 Å². The molecule has 5 nitrogen and oxygen atoms in total. The van der Waals surface area contributed by atoms with Gasteiger partial charge in [-0.25, -0.2) is 4.68 Å². The van der Waals surface area contributed by atoms with Gasteiger partial charge in [0.05, 0.1) is 11.9 Å². The van der Waals surface area contributed by atoms with Gasteiger partial charge in [0, 0.05) is 12.6 Å². The summed E-state index contributed by atoms with van der Waals surface area (Å²) >= 11 is 0. The van der Waals surface area contributed by atoms with Gasteiger partial charge in [-0.1, -0.05) is 17.3 Å². The SMILES string of the molecule is CC(NCCn1nnc2ccccc2c1=O)C1CC1. The zero-order valence-corrected chi connectivity index (χ0v) is 11.0. The number of benzene rings is 1. The van der Waals surface area contributed by atoms with Crippen molar-refractivity contribution < 1.29 is 0 Å². The molecule has 1 aromatic carbocycles. The van der Waals surface area contributed by atoms with E-state index in [1.165, 1.54) is 17.5 Å². The topological polar surface area (TPSA) is 59.8 Å². The van der Waals surface area contributed by atoms with Crippen LogP contribution in [0.2, 0.25) is 0 Å². The van der Waals surface area contributed by atoms with Crippen molar-refractivity contribution in [1.29, 1.82) is 0 Å². The van der Waals surface area contributed by atoms with E-state index in [2.05, 4.69) is 22.6 Å². The molecule has 2 aromatic rings. The van der Waals surface area contributed by atoms with Gasteiger partial charge in [-0.3, -0.25) is 4.79 Å². The van der Waals surface area contributed by atoms with E-state index in [1.54, 1.807) is 6.07 Å². The Labute approximate surface area is 111 Å². The predicted molar refractivity (Wildman–Crippen MR) is 74.0 cm³/mol. The Kier molecular flexibility index (Phi) is 3.29. The van der Waals surface area contributed by atoms with Gasteiger partial charge in [-0.2, -0.15) is 0 Å². The van der Waals surface area contributed by atoms with Crippen LogP contribution in [0.5, 0.6) is 0 Å². The molecule has 1 heterocycles. The first-order valence-corrected chi connectivity index (χ1v) is 6.81. The number of nitrogens with zero attached hydrogens (tertiary/aromatic N) is 3.